The minimum absolute atomic E-state index is 0.0942. The van der Waals surface area contributed by atoms with Gasteiger partial charge in [0.05, 0.1) is 32.6 Å². The molecular formula is C35H41N4O4S+. The highest BCUT2D eigenvalue weighted by molar-refractivity contribution is 7.97. The van der Waals surface area contributed by atoms with Gasteiger partial charge in [0.25, 0.3) is 10.9 Å². The van der Waals surface area contributed by atoms with Crippen LogP contribution in [0.15, 0.2) is 106 Å². The van der Waals surface area contributed by atoms with Crippen molar-refractivity contribution in [2.24, 2.45) is 0 Å². The van der Waals surface area contributed by atoms with Gasteiger partial charge in [-0.3, -0.25) is 9.69 Å². The van der Waals surface area contributed by atoms with Crippen LogP contribution in [0.1, 0.15) is 23.2 Å². The molecule has 5 rings (SSSR count). The summed E-state index contributed by atoms with van der Waals surface area (Å²) in [4.78, 5) is 24.8. The molecule has 1 amide bonds. The van der Waals surface area contributed by atoms with E-state index in [0.717, 1.165) is 83.3 Å². The first-order valence-corrected chi connectivity index (χ1v) is 16.2. The van der Waals surface area contributed by atoms with E-state index in [9.17, 15) is 4.79 Å². The van der Waals surface area contributed by atoms with Crippen LogP contribution in [0.5, 0.6) is 17.2 Å². The van der Waals surface area contributed by atoms with Crippen molar-refractivity contribution in [2.45, 2.75) is 27.7 Å². The lowest BCUT2D eigenvalue weighted by Gasteiger charge is -2.36. The Balaban J connectivity index is 1.11. The highest BCUT2D eigenvalue weighted by Gasteiger charge is 2.30. The number of methoxy groups -OCH3 is 3. The van der Waals surface area contributed by atoms with E-state index in [1.54, 1.807) is 27.5 Å². The first kappa shape index (κ1) is 31.2. The minimum Gasteiger partial charge on any atom is -0.497 e. The monoisotopic (exact) mass is 613 g/mol. The van der Waals surface area contributed by atoms with Gasteiger partial charge in [0.15, 0.2) is 9.79 Å². The topological polar surface area (TPSA) is 76.2 Å². The number of nitrogens with one attached hydrogen (secondary N) is 1. The number of ether oxygens (including phenoxy) is 3. The zero-order valence-electron chi connectivity index (χ0n) is 25.7. The molecule has 0 bridgehead atoms. The summed E-state index contributed by atoms with van der Waals surface area (Å²) in [5.74, 6) is 2.44. The van der Waals surface area contributed by atoms with Crippen LogP contribution in [0, 0.1) is 0 Å². The van der Waals surface area contributed by atoms with Crippen molar-refractivity contribution in [1.29, 1.82) is 0 Å². The lowest BCUT2D eigenvalue weighted by atomic mass is 10.2. The molecule has 9 heteroatoms. The SMILES string of the molecule is COc1ccc([S+](c2ccc(OC)cc2)c2ccc(C(=O)NCCCCN3CCN(c4ccccc4OC)CC3)cn2)cc1. The standard InChI is InChI=1S/C35H40N4O4S/c1-41-28-11-15-30(16-12-28)44(31-17-13-29(42-2)14-18-31)34-19-10-27(26-37-34)35(40)36-20-6-7-21-38-22-24-39(25-23-38)32-8-4-5-9-33(32)43-3/h4-5,8-19,26H,6-7,20-25H2,1-3H3/p+1. The van der Waals surface area contributed by atoms with E-state index < -0.39 is 10.9 Å². The van der Waals surface area contributed by atoms with Crippen LogP contribution in [0.3, 0.4) is 0 Å². The number of pyridine rings is 1. The third-order valence-corrected chi connectivity index (χ3v) is 9.93. The maximum Gasteiger partial charge on any atom is 0.258 e. The maximum absolute atomic E-state index is 12.9. The van der Waals surface area contributed by atoms with Crippen LogP contribution in [-0.4, -0.2) is 76.4 Å². The Hall–Kier alpha value is -4.21. The van der Waals surface area contributed by atoms with E-state index in [1.165, 1.54) is 0 Å². The Morgan fingerprint density at radius 2 is 1.41 bits per heavy atom. The predicted octanol–water partition coefficient (Wildman–Crippen LogP) is 5.54. The molecule has 1 aromatic heterocycles. The first-order chi connectivity index (χ1) is 21.6. The number of hydrogen-bond acceptors (Lipinski definition) is 7. The molecule has 230 valence electrons. The van der Waals surface area contributed by atoms with Crippen LogP contribution in [0.4, 0.5) is 5.69 Å². The average molecular weight is 614 g/mol. The molecule has 1 aliphatic heterocycles. The molecule has 1 saturated heterocycles. The van der Waals surface area contributed by atoms with Gasteiger partial charge in [0, 0.05) is 45.0 Å². The zero-order valence-corrected chi connectivity index (χ0v) is 26.5. The van der Waals surface area contributed by atoms with Gasteiger partial charge < -0.3 is 24.4 Å². The van der Waals surface area contributed by atoms with Crippen LogP contribution in [0.25, 0.3) is 0 Å². The highest BCUT2D eigenvalue weighted by Crippen LogP contribution is 2.32. The summed E-state index contributed by atoms with van der Waals surface area (Å²) in [5.41, 5.74) is 1.73. The third-order valence-electron chi connectivity index (χ3n) is 7.78. The molecule has 2 heterocycles. The second-order valence-corrected chi connectivity index (χ2v) is 12.5. The summed E-state index contributed by atoms with van der Waals surface area (Å²) in [6.45, 7) is 5.69. The molecule has 0 atom stereocenters. The number of aromatic nitrogens is 1. The van der Waals surface area contributed by atoms with Crippen molar-refractivity contribution in [1.82, 2.24) is 15.2 Å². The lowest BCUT2D eigenvalue weighted by molar-refractivity contribution is 0.0952. The first-order valence-electron chi connectivity index (χ1n) is 15.0. The van der Waals surface area contributed by atoms with E-state index in [-0.39, 0.29) is 5.91 Å². The quantitative estimate of drug-likeness (QED) is 0.157. The number of benzene rings is 3. The van der Waals surface area contributed by atoms with E-state index in [0.29, 0.717) is 12.1 Å². The Morgan fingerprint density at radius 3 is 1.98 bits per heavy atom. The summed E-state index contributed by atoms with van der Waals surface area (Å²) in [6, 6.07) is 28.1. The number of amides is 1. The van der Waals surface area contributed by atoms with Gasteiger partial charge in [-0.2, -0.15) is 0 Å². The van der Waals surface area contributed by atoms with Crippen molar-refractivity contribution in [3.05, 3.63) is 96.7 Å². The number of nitrogens with zero attached hydrogens (tertiary/aromatic N) is 3. The highest BCUT2D eigenvalue weighted by atomic mass is 32.2. The van der Waals surface area contributed by atoms with Gasteiger partial charge >= 0.3 is 0 Å². The van der Waals surface area contributed by atoms with E-state index in [1.807, 2.05) is 48.5 Å². The fourth-order valence-corrected chi connectivity index (χ4v) is 7.24. The predicted molar refractivity (Wildman–Crippen MR) is 176 cm³/mol. The summed E-state index contributed by atoms with van der Waals surface area (Å²) in [5, 5.41) is 3.96. The molecular weight excluding hydrogens is 572 g/mol. The molecule has 0 spiro atoms. The van der Waals surface area contributed by atoms with Crippen molar-refractivity contribution < 1.29 is 19.0 Å². The number of rotatable bonds is 13. The molecule has 0 saturated carbocycles. The molecule has 4 aromatic rings. The summed E-state index contributed by atoms with van der Waals surface area (Å²) in [7, 11) is 4.60. The summed E-state index contributed by atoms with van der Waals surface area (Å²) >= 11 is 0. The molecule has 1 aliphatic rings. The molecule has 1 N–H and O–H groups in total. The molecule has 1 fully saturated rings. The van der Waals surface area contributed by atoms with Crippen LogP contribution in [-0.2, 0) is 10.9 Å². The summed E-state index contributed by atoms with van der Waals surface area (Å²) < 4.78 is 16.2. The van der Waals surface area contributed by atoms with Gasteiger partial charge in [-0.15, -0.1) is 0 Å². The van der Waals surface area contributed by atoms with E-state index >= 15 is 0 Å². The van der Waals surface area contributed by atoms with Crippen LogP contribution >= 0.6 is 0 Å². The molecule has 3 aromatic carbocycles. The van der Waals surface area contributed by atoms with Gasteiger partial charge in [-0.25, -0.2) is 4.98 Å². The Kier molecular flexibility index (Phi) is 11.0. The molecule has 0 aliphatic carbocycles. The lowest BCUT2D eigenvalue weighted by Crippen LogP contribution is -2.46. The van der Waals surface area contributed by atoms with Gasteiger partial charge in [0.2, 0.25) is 0 Å². The Labute approximate surface area is 263 Å². The number of carbonyl (C=O) groups excluding carboxylic acids is 1. The van der Waals surface area contributed by atoms with Crippen molar-refractivity contribution in [3.63, 3.8) is 0 Å². The van der Waals surface area contributed by atoms with E-state index in [2.05, 4.69) is 51.5 Å². The van der Waals surface area contributed by atoms with Crippen LogP contribution in [0.2, 0.25) is 0 Å². The number of anilines is 1. The Bertz CT molecular complexity index is 1430. The van der Waals surface area contributed by atoms with Crippen LogP contribution < -0.4 is 24.4 Å². The zero-order chi connectivity index (χ0) is 30.7. The number of piperazine rings is 1. The largest absolute Gasteiger partial charge is 0.497 e. The van der Waals surface area contributed by atoms with Gasteiger partial charge in [-0.1, -0.05) is 12.1 Å². The van der Waals surface area contributed by atoms with Crippen molar-refractivity contribution in [2.75, 3.05) is 65.5 Å². The second kappa shape index (κ2) is 15.5. The Morgan fingerprint density at radius 1 is 0.773 bits per heavy atom. The average Bonchev–Trinajstić information content (AvgIpc) is 3.09. The van der Waals surface area contributed by atoms with Crippen molar-refractivity contribution >= 4 is 22.5 Å². The van der Waals surface area contributed by atoms with E-state index in [4.69, 9.17) is 19.2 Å². The second-order valence-electron chi connectivity index (χ2n) is 10.5. The number of para-hydroxylation sites is 2. The molecule has 0 unspecified atom stereocenters. The van der Waals surface area contributed by atoms with Gasteiger partial charge in [0.1, 0.15) is 28.1 Å². The number of hydrogen-bond donors (Lipinski definition) is 1. The molecule has 0 radical (unpaired) electrons. The number of carbonyl (C=O) groups is 1. The van der Waals surface area contributed by atoms with Gasteiger partial charge in [-0.05, 0) is 86.1 Å². The normalized spacial score (nSPS) is 13.5. The number of unbranched alkanes of at least 4 members (excludes halogenated alkanes) is 1. The molecule has 8 nitrogen and oxygen atoms in total. The summed E-state index contributed by atoms with van der Waals surface area (Å²) in [6.07, 6.45) is 3.65. The maximum atomic E-state index is 12.9. The fourth-order valence-electron chi connectivity index (χ4n) is 5.30. The van der Waals surface area contributed by atoms with Crippen molar-refractivity contribution in [3.8, 4) is 17.2 Å². The third kappa shape index (κ3) is 7.84. The fraction of sp³-hybridized carbons (Fsp3) is 0.314. The minimum atomic E-state index is -0.450. The molecule has 44 heavy (non-hydrogen) atoms. The smallest absolute Gasteiger partial charge is 0.258 e.